The van der Waals surface area contributed by atoms with Gasteiger partial charge in [0.25, 0.3) is 0 Å². The molecule has 0 aliphatic rings. The Hall–Kier alpha value is -0.830. The average molecular weight is 185 g/mol. The zero-order valence-electron chi connectivity index (χ0n) is 8.71. The highest BCUT2D eigenvalue weighted by Gasteiger charge is 2.13. The molecule has 3 heteroatoms. The highest BCUT2D eigenvalue weighted by molar-refractivity contribution is 5.86. The molecule has 0 rings (SSSR count). The summed E-state index contributed by atoms with van der Waals surface area (Å²) in [4.78, 5) is 12.5. The number of hydrogen-bond acceptors (Lipinski definition) is 2. The Labute approximate surface area is 80.0 Å². The van der Waals surface area contributed by atoms with E-state index < -0.39 is 5.97 Å². The van der Waals surface area contributed by atoms with E-state index in [0.717, 1.165) is 12.8 Å². The van der Waals surface area contributed by atoms with Gasteiger partial charge in [0, 0.05) is 18.2 Å². The van der Waals surface area contributed by atoms with Crippen LogP contribution in [0.1, 0.15) is 26.7 Å². The molecule has 0 aromatic rings. The fraction of sp³-hybridized carbons (Fsp3) is 0.700. The molecule has 13 heavy (non-hydrogen) atoms. The summed E-state index contributed by atoms with van der Waals surface area (Å²) < 4.78 is 0. The van der Waals surface area contributed by atoms with Crippen molar-refractivity contribution in [3.63, 3.8) is 0 Å². The van der Waals surface area contributed by atoms with Crippen molar-refractivity contribution in [3.05, 3.63) is 12.2 Å². The molecule has 0 unspecified atom stereocenters. The van der Waals surface area contributed by atoms with Crippen LogP contribution in [0.4, 0.5) is 0 Å². The van der Waals surface area contributed by atoms with Gasteiger partial charge < -0.3 is 5.11 Å². The molecule has 0 spiro atoms. The molecule has 0 heterocycles. The number of carboxylic acids is 1. The van der Waals surface area contributed by atoms with Gasteiger partial charge in [-0.25, -0.2) is 4.79 Å². The maximum absolute atomic E-state index is 10.5. The van der Waals surface area contributed by atoms with E-state index in [1.165, 1.54) is 0 Å². The van der Waals surface area contributed by atoms with Gasteiger partial charge in [0.15, 0.2) is 0 Å². The molecular formula is C10H19NO2. The predicted octanol–water partition coefficient (Wildman–Crippen LogP) is 1.75. The zero-order chi connectivity index (χ0) is 10.4. The van der Waals surface area contributed by atoms with Gasteiger partial charge in [0.2, 0.25) is 0 Å². The van der Waals surface area contributed by atoms with Gasteiger partial charge in [0.05, 0.1) is 0 Å². The molecule has 0 aromatic heterocycles. The minimum absolute atomic E-state index is 0.259. The number of nitrogens with zero attached hydrogens (tertiary/aromatic N) is 1. The topological polar surface area (TPSA) is 40.5 Å². The summed E-state index contributed by atoms with van der Waals surface area (Å²) in [5.74, 6) is -0.905. The molecule has 0 fully saturated rings. The molecule has 0 radical (unpaired) electrons. The van der Waals surface area contributed by atoms with E-state index in [1.54, 1.807) is 0 Å². The third-order valence-electron chi connectivity index (χ3n) is 2.31. The van der Waals surface area contributed by atoms with Crippen molar-refractivity contribution in [1.29, 1.82) is 0 Å². The van der Waals surface area contributed by atoms with E-state index in [0.29, 0.717) is 12.6 Å². The minimum Gasteiger partial charge on any atom is -0.478 e. The van der Waals surface area contributed by atoms with Gasteiger partial charge in [-0.3, -0.25) is 4.90 Å². The summed E-state index contributed by atoms with van der Waals surface area (Å²) in [6, 6.07) is 0.455. The number of aliphatic carboxylic acids is 1. The molecular weight excluding hydrogens is 166 g/mol. The third kappa shape index (κ3) is 4.08. The maximum Gasteiger partial charge on any atom is 0.332 e. The van der Waals surface area contributed by atoms with Crippen molar-refractivity contribution in [1.82, 2.24) is 4.90 Å². The Morgan fingerprint density at radius 1 is 1.46 bits per heavy atom. The Kier molecular flexibility index (Phi) is 5.39. The third-order valence-corrected chi connectivity index (χ3v) is 2.31. The van der Waals surface area contributed by atoms with Crippen LogP contribution in [0.15, 0.2) is 12.2 Å². The quantitative estimate of drug-likeness (QED) is 0.641. The number of likely N-dealkylation sites (N-methyl/N-ethyl adjacent to an activating group) is 1. The first-order valence-corrected chi connectivity index (χ1v) is 4.64. The van der Waals surface area contributed by atoms with Crippen molar-refractivity contribution < 1.29 is 9.90 Å². The van der Waals surface area contributed by atoms with E-state index >= 15 is 0 Å². The first-order valence-electron chi connectivity index (χ1n) is 4.64. The van der Waals surface area contributed by atoms with Crippen LogP contribution in [0.25, 0.3) is 0 Å². The lowest BCUT2D eigenvalue weighted by molar-refractivity contribution is -0.132. The second kappa shape index (κ2) is 5.75. The smallest absolute Gasteiger partial charge is 0.332 e. The van der Waals surface area contributed by atoms with Crippen LogP contribution >= 0.6 is 0 Å². The fourth-order valence-electron chi connectivity index (χ4n) is 1.41. The van der Waals surface area contributed by atoms with E-state index in [9.17, 15) is 4.79 Å². The Balaban J connectivity index is 4.04. The zero-order valence-corrected chi connectivity index (χ0v) is 8.71. The van der Waals surface area contributed by atoms with Gasteiger partial charge in [-0.05, 0) is 19.9 Å². The Morgan fingerprint density at radius 2 is 1.92 bits per heavy atom. The molecule has 76 valence electrons. The van der Waals surface area contributed by atoms with E-state index in [1.807, 2.05) is 11.9 Å². The minimum atomic E-state index is -0.905. The fourth-order valence-corrected chi connectivity index (χ4v) is 1.41. The van der Waals surface area contributed by atoms with Crippen LogP contribution in [-0.4, -0.2) is 35.6 Å². The van der Waals surface area contributed by atoms with Crippen molar-refractivity contribution in [2.45, 2.75) is 32.7 Å². The van der Waals surface area contributed by atoms with Crippen molar-refractivity contribution in [2.24, 2.45) is 0 Å². The molecule has 0 aromatic carbocycles. The average Bonchev–Trinajstić information content (AvgIpc) is 2.06. The van der Waals surface area contributed by atoms with Crippen LogP contribution in [0, 0.1) is 0 Å². The van der Waals surface area contributed by atoms with E-state index in [2.05, 4.69) is 20.4 Å². The number of carbonyl (C=O) groups is 1. The summed E-state index contributed by atoms with van der Waals surface area (Å²) >= 11 is 0. The van der Waals surface area contributed by atoms with Gasteiger partial charge >= 0.3 is 5.97 Å². The first-order chi connectivity index (χ1) is 6.02. The summed E-state index contributed by atoms with van der Waals surface area (Å²) in [5.41, 5.74) is 0.259. The van der Waals surface area contributed by atoms with Gasteiger partial charge in [-0.1, -0.05) is 20.4 Å². The number of hydrogen-bond donors (Lipinski definition) is 1. The highest BCUT2D eigenvalue weighted by atomic mass is 16.4. The standard InChI is InChI=1S/C10H19NO2/c1-5-9(6-2)11(4)7-8(3)10(12)13/h9H,3,5-7H2,1-2,4H3,(H,12,13). The van der Waals surface area contributed by atoms with Crippen LogP contribution in [-0.2, 0) is 4.79 Å². The number of carboxylic acid groups (broad SMARTS) is 1. The summed E-state index contributed by atoms with van der Waals surface area (Å²) in [5, 5.41) is 8.63. The van der Waals surface area contributed by atoms with Crippen LogP contribution in [0.5, 0.6) is 0 Å². The van der Waals surface area contributed by atoms with Crippen molar-refractivity contribution in [3.8, 4) is 0 Å². The van der Waals surface area contributed by atoms with Crippen molar-refractivity contribution >= 4 is 5.97 Å². The normalized spacial score (nSPS) is 10.8. The lowest BCUT2D eigenvalue weighted by Crippen LogP contribution is -2.33. The molecule has 0 bridgehead atoms. The molecule has 3 nitrogen and oxygen atoms in total. The number of rotatable bonds is 6. The Morgan fingerprint density at radius 3 is 2.23 bits per heavy atom. The van der Waals surface area contributed by atoms with Crippen LogP contribution < -0.4 is 0 Å². The maximum atomic E-state index is 10.5. The summed E-state index contributed by atoms with van der Waals surface area (Å²) in [6.07, 6.45) is 2.08. The predicted molar refractivity (Wildman–Crippen MR) is 53.8 cm³/mol. The monoisotopic (exact) mass is 185 g/mol. The van der Waals surface area contributed by atoms with E-state index in [-0.39, 0.29) is 5.57 Å². The molecule has 0 saturated heterocycles. The first kappa shape index (κ1) is 12.2. The second-order valence-electron chi connectivity index (χ2n) is 3.29. The Bertz CT molecular complexity index is 185. The van der Waals surface area contributed by atoms with Gasteiger partial charge in [-0.15, -0.1) is 0 Å². The summed E-state index contributed by atoms with van der Waals surface area (Å²) in [6.45, 7) is 8.16. The largest absolute Gasteiger partial charge is 0.478 e. The lowest BCUT2D eigenvalue weighted by atomic mass is 10.1. The second-order valence-corrected chi connectivity index (χ2v) is 3.29. The molecule has 0 atom stereocenters. The molecule has 0 amide bonds. The van der Waals surface area contributed by atoms with Crippen molar-refractivity contribution in [2.75, 3.05) is 13.6 Å². The molecule has 1 N–H and O–H groups in total. The van der Waals surface area contributed by atoms with Gasteiger partial charge in [-0.2, -0.15) is 0 Å². The lowest BCUT2D eigenvalue weighted by Gasteiger charge is -2.25. The molecule has 0 saturated carbocycles. The molecule has 0 aliphatic carbocycles. The van der Waals surface area contributed by atoms with E-state index in [4.69, 9.17) is 5.11 Å². The molecule has 0 aliphatic heterocycles. The van der Waals surface area contributed by atoms with Crippen LogP contribution in [0.2, 0.25) is 0 Å². The van der Waals surface area contributed by atoms with Crippen LogP contribution in [0.3, 0.4) is 0 Å². The highest BCUT2D eigenvalue weighted by Crippen LogP contribution is 2.07. The summed E-state index contributed by atoms with van der Waals surface area (Å²) in [7, 11) is 1.94. The SMILES string of the molecule is C=C(CN(C)C(CC)CC)C(=O)O. The van der Waals surface area contributed by atoms with Gasteiger partial charge in [0.1, 0.15) is 0 Å².